The molecule has 0 heterocycles. The molecule has 0 aromatic heterocycles. The summed E-state index contributed by atoms with van der Waals surface area (Å²) < 4.78 is 13.5. The molecule has 132 valence electrons. The van der Waals surface area contributed by atoms with E-state index in [1.807, 2.05) is 0 Å². The third-order valence-corrected chi connectivity index (χ3v) is 4.67. The molecule has 0 N–H and O–H groups in total. The molecule has 0 unspecified atom stereocenters. The van der Waals surface area contributed by atoms with Crippen molar-refractivity contribution in [2.24, 2.45) is 11.1 Å². The van der Waals surface area contributed by atoms with Gasteiger partial charge in [-0.2, -0.15) is 0 Å². The van der Waals surface area contributed by atoms with Crippen molar-refractivity contribution in [1.82, 2.24) is 0 Å². The molecule has 0 spiro atoms. The van der Waals surface area contributed by atoms with Gasteiger partial charge >= 0.3 is 5.97 Å². The summed E-state index contributed by atoms with van der Waals surface area (Å²) in [5.41, 5.74) is 1.36. The maximum atomic E-state index is 13.5. The predicted octanol–water partition coefficient (Wildman–Crippen LogP) is 5.43. The van der Waals surface area contributed by atoms with E-state index in [0.29, 0.717) is 11.5 Å². The van der Waals surface area contributed by atoms with Gasteiger partial charge in [-0.25, -0.2) is 9.18 Å². The molecule has 1 fully saturated rings. The molecular formula is C20H28FNO2. The normalized spacial score (nSPS) is 18.9. The van der Waals surface area contributed by atoms with Crippen LogP contribution >= 0.6 is 0 Å². The van der Waals surface area contributed by atoms with E-state index >= 15 is 0 Å². The van der Waals surface area contributed by atoms with Crippen molar-refractivity contribution in [1.29, 1.82) is 0 Å². The van der Waals surface area contributed by atoms with Gasteiger partial charge in [-0.15, -0.1) is 0 Å². The van der Waals surface area contributed by atoms with Crippen molar-refractivity contribution in [3.63, 3.8) is 0 Å². The minimum atomic E-state index is -0.499. The molecule has 4 heteroatoms. The molecule has 0 bridgehead atoms. The van der Waals surface area contributed by atoms with Crippen LogP contribution in [0.1, 0.15) is 70.3 Å². The maximum absolute atomic E-state index is 13.5. The van der Waals surface area contributed by atoms with Crippen molar-refractivity contribution in [2.75, 3.05) is 0 Å². The highest BCUT2D eigenvalue weighted by molar-refractivity contribution is 5.88. The number of nitrogens with zero attached hydrogens (tertiary/aromatic N) is 1. The van der Waals surface area contributed by atoms with Gasteiger partial charge < -0.3 is 4.84 Å². The average molecular weight is 333 g/mol. The van der Waals surface area contributed by atoms with Crippen LogP contribution in [0.3, 0.4) is 0 Å². The Hall–Kier alpha value is -1.71. The SMILES string of the molecule is CCCCCCC[C@@H]1CCC/C1=N\OC(=O)Cc1ccccc1F. The van der Waals surface area contributed by atoms with Crippen LogP contribution in [0.25, 0.3) is 0 Å². The van der Waals surface area contributed by atoms with E-state index in [4.69, 9.17) is 4.84 Å². The molecule has 1 aliphatic carbocycles. The zero-order chi connectivity index (χ0) is 17.2. The minimum Gasteiger partial charge on any atom is -0.318 e. The van der Waals surface area contributed by atoms with E-state index in [2.05, 4.69) is 12.1 Å². The number of carbonyl (C=O) groups excluding carboxylic acids is 1. The first-order chi connectivity index (χ1) is 11.7. The van der Waals surface area contributed by atoms with Gasteiger partial charge in [0.2, 0.25) is 0 Å². The van der Waals surface area contributed by atoms with Crippen molar-refractivity contribution in [3.8, 4) is 0 Å². The third kappa shape index (κ3) is 6.06. The second-order valence-corrected chi connectivity index (χ2v) is 6.61. The van der Waals surface area contributed by atoms with Crippen molar-refractivity contribution < 1.29 is 14.0 Å². The Morgan fingerprint density at radius 2 is 2.04 bits per heavy atom. The molecule has 24 heavy (non-hydrogen) atoms. The molecule has 1 aliphatic rings. The van der Waals surface area contributed by atoms with E-state index in [9.17, 15) is 9.18 Å². The first kappa shape index (κ1) is 18.6. The number of halogens is 1. The highest BCUT2D eigenvalue weighted by Crippen LogP contribution is 2.28. The molecule has 1 aromatic carbocycles. The summed E-state index contributed by atoms with van der Waals surface area (Å²) >= 11 is 0. The summed E-state index contributed by atoms with van der Waals surface area (Å²) in [5.74, 6) is -0.429. The topological polar surface area (TPSA) is 38.7 Å². The van der Waals surface area contributed by atoms with E-state index in [0.717, 1.165) is 31.4 Å². The molecular weight excluding hydrogens is 305 g/mol. The Morgan fingerprint density at radius 3 is 2.83 bits per heavy atom. The Morgan fingerprint density at radius 1 is 1.25 bits per heavy atom. The van der Waals surface area contributed by atoms with Gasteiger partial charge in [0, 0.05) is 5.92 Å². The molecule has 0 radical (unpaired) electrons. The van der Waals surface area contributed by atoms with Crippen LogP contribution in [-0.2, 0) is 16.1 Å². The summed E-state index contributed by atoms with van der Waals surface area (Å²) in [6, 6.07) is 6.26. The number of benzene rings is 1. The highest BCUT2D eigenvalue weighted by atomic mass is 19.1. The summed E-state index contributed by atoms with van der Waals surface area (Å²) in [6.45, 7) is 2.22. The fourth-order valence-corrected chi connectivity index (χ4v) is 3.26. The fraction of sp³-hybridized carbons (Fsp3) is 0.600. The first-order valence-corrected chi connectivity index (χ1v) is 9.20. The Balaban J connectivity index is 1.77. The second kappa shape index (κ2) is 10.2. The van der Waals surface area contributed by atoms with Gasteiger partial charge in [0.1, 0.15) is 5.82 Å². The van der Waals surface area contributed by atoms with E-state index in [1.54, 1.807) is 18.2 Å². The van der Waals surface area contributed by atoms with Crippen LogP contribution in [0.4, 0.5) is 4.39 Å². The lowest BCUT2D eigenvalue weighted by molar-refractivity contribution is -0.142. The summed E-state index contributed by atoms with van der Waals surface area (Å²) in [7, 11) is 0. The summed E-state index contributed by atoms with van der Waals surface area (Å²) in [5, 5.41) is 4.09. The van der Waals surface area contributed by atoms with Gasteiger partial charge in [0.25, 0.3) is 0 Å². The van der Waals surface area contributed by atoms with Gasteiger partial charge in [0.05, 0.1) is 12.1 Å². The molecule has 0 saturated heterocycles. The standard InChI is InChI=1S/C20H28FNO2/c1-2-3-4-5-6-10-16-12-9-14-19(16)22-24-20(23)15-17-11-7-8-13-18(17)21/h7-8,11,13,16H,2-6,9-10,12,14-15H2,1H3/b22-19+/t16-/m1/s1. The number of hydrogen-bond acceptors (Lipinski definition) is 3. The van der Waals surface area contributed by atoms with Crippen LogP contribution in [0.5, 0.6) is 0 Å². The van der Waals surface area contributed by atoms with E-state index < -0.39 is 5.97 Å². The first-order valence-electron chi connectivity index (χ1n) is 9.20. The summed E-state index contributed by atoms with van der Waals surface area (Å²) in [6.07, 6.45) is 10.6. The average Bonchev–Trinajstić information content (AvgIpc) is 3.02. The lowest BCUT2D eigenvalue weighted by atomic mass is 9.98. The fourth-order valence-electron chi connectivity index (χ4n) is 3.26. The van der Waals surface area contributed by atoms with Crippen molar-refractivity contribution in [3.05, 3.63) is 35.6 Å². The van der Waals surface area contributed by atoms with Crippen LogP contribution < -0.4 is 0 Å². The van der Waals surface area contributed by atoms with Crippen LogP contribution in [0.2, 0.25) is 0 Å². The van der Waals surface area contributed by atoms with Crippen LogP contribution in [-0.4, -0.2) is 11.7 Å². The third-order valence-electron chi connectivity index (χ3n) is 4.67. The summed E-state index contributed by atoms with van der Waals surface area (Å²) in [4.78, 5) is 16.9. The largest absolute Gasteiger partial charge is 0.339 e. The van der Waals surface area contributed by atoms with Crippen LogP contribution in [0.15, 0.2) is 29.4 Å². The van der Waals surface area contributed by atoms with Crippen molar-refractivity contribution >= 4 is 11.7 Å². The molecule has 1 atom stereocenters. The van der Waals surface area contributed by atoms with Crippen molar-refractivity contribution in [2.45, 2.75) is 71.1 Å². The zero-order valence-electron chi connectivity index (χ0n) is 14.6. The monoisotopic (exact) mass is 333 g/mol. The molecule has 3 nitrogen and oxygen atoms in total. The Labute approximate surface area is 144 Å². The second-order valence-electron chi connectivity index (χ2n) is 6.61. The number of hydrogen-bond donors (Lipinski definition) is 0. The number of oxime groups is 1. The molecule has 1 saturated carbocycles. The minimum absolute atomic E-state index is 0.0782. The zero-order valence-corrected chi connectivity index (χ0v) is 14.6. The van der Waals surface area contributed by atoms with E-state index in [-0.39, 0.29) is 12.2 Å². The molecule has 0 amide bonds. The van der Waals surface area contributed by atoms with Gasteiger partial charge in [0.15, 0.2) is 0 Å². The smallest absolute Gasteiger partial charge is 0.318 e. The van der Waals surface area contributed by atoms with Crippen LogP contribution in [0, 0.1) is 11.7 Å². The molecule has 0 aliphatic heterocycles. The highest BCUT2D eigenvalue weighted by Gasteiger charge is 2.23. The number of rotatable bonds is 9. The van der Waals surface area contributed by atoms with E-state index in [1.165, 1.54) is 38.2 Å². The quantitative estimate of drug-likeness (QED) is 0.343. The maximum Gasteiger partial charge on any atom is 0.339 e. The predicted molar refractivity (Wildman–Crippen MR) is 94.3 cm³/mol. The Kier molecular flexibility index (Phi) is 7.93. The molecule has 2 rings (SSSR count). The Bertz CT molecular complexity index is 556. The lowest BCUT2D eigenvalue weighted by Gasteiger charge is -2.10. The number of carbonyl (C=O) groups is 1. The van der Waals surface area contributed by atoms with Gasteiger partial charge in [-0.1, -0.05) is 62.4 Å². The van der Waals surface area contributed by atoms with Gasteiger partial charge in [-0.3, -0.25) is 0 Å². The lowest BCUT2D eigenvalue weighted by Crippen LogP contribution is -2.11. The number of unbranched alkanes of at least 4 members (excludes halogenated alkanes) is 4. The molecule has 1 aromatic rings. The van der Waals surface area contributed by atoms with Gasteiger partial charge in [-0.05, 0) is 37.3 Å².